The number of fused-ring (bicyclic) bond motifs is 1. The van der Waals surface area contributed by atoms with Gasteiger partial charge in [0.25, 0.3) is 0 Å². The first-order chi connectivity index (χ1) is 9.76. The number of nitrogens with one attached hydrogen (secondary N) is 1. The van der Waals surface area contributed by atoms with E-state index in [0.29, 0.717) is 6.04 Å². The molecule has 0 amide bonds. The van der Waals surface area contributed by atoms with Gasteiger partial charge in [-0.1, -0.05) is 6.92 Å². The summed E-state index contributed by atoms with van der Waals surface area (Å²) in [4.78, 5) is 1.40. The van der Waals surface area contributed by atoms with Gasteiger partial charge in [0.1, 0.15) is 0 Å². The maximum Gasteiger partial charge on any atom is 0.0702 e. The van der Waals surface area contributed by atoms with Gasteiger partial charge in [-0.3, -0.25) is 0 Å². The van der Waals surface area contributed by atoms with Crippen LogP contribution in [0.1, 0.15) is 48.2 Å². The lowest BCUT2D eigenvalue weighted by molar-refractivity contribution is 0.462. The predicted molar refractivity (Wildman–Crippen MR) is 89.5 cm³/mol. The Balaban J connectivity index is 1.76. The number of hydrogen-bond acceptors (Lipinski definition) is 2. The van der Waals surface area contributed by atoms with Crippen LogP contribution in [0, 0.1) is 0 Å². The van der Waals surface area contributed by atoms with E-state index in [-0.39, 0.29) is 0 Å². The van der Waals surface area contributed by atoms with E-state index in [1.165, 1.54) is 39.9 Å². The highest BCUT2D eigenvalue weighted by Crippen LogP contribution is 2.31. The maximum absolute atomic E-state index is 3.69. The van der Waals surface area contributed by atoms with Crippen molar-refractivity contribution in [1.82, 2.24) is 9.88 Å². The minimum Gasteiger partial charge on any atom is -0.348 e. The molecular weight excluding hydrogens is 332 g/mol. The van der Waals surface area contributed by atoms with Crippen molar-refractivity contribution in [3.05, 3.63) is 44.3 Å². The molecule has 0 aromatic carbocycles. The highest BCUT2D eigenvalue weighted by molar-refractivity contribution is 9.11. The summed E-state index contributed by atoms with van der Waals surface area (Å²) < 4.78 is 3.57. The number of thiophene rings is 1. The van der Waals surface area contributed by atoms with Gasteiger partial charge in [0.2, 0.25) is 0 Å². The molecule has 1 atom stereocenters. The van der Waals surface area contributed by atoms with Gasteiger partial charge in [-0.2, -0.15) is 0 Å². The van der Waals surface area contributed by atoms with Crippen LogP contribution in [0.15, 0.2) is 28.3 Å². The van der Waals surface area contributed by atoms with Gasteiger partial charge in [-0.25, -0.2) is 0 Å². The normalized spacial score (nSPS) is 18.2. The zero-order chi connectivity index (χ0) is 13.9. The van der Waals surface area contributed by atoms with Crippen molar-refractivity contribution in [2.24, 2.45) is 0 Å². The summed E-state index contributed by atoms with van der Waals surface area (Å²) >= 11 is 5.36. The number of aryl methyl sites for hydroxylation is 1. The van der Waals surface area contributed by atoms with Crippen LogP contribution in [0.2, 0.25) is 0 Å². The smallest absolute Gasteiger partial charge is 0.0702 e. The zero-order valence-corrected chi connectivity index (χ0v) is 14.3. The molecule has 0 radical (unpaired) electrons. The topological polar surface area (TPSA) is 17.0 Å². The highest BCUT2D eigenvalue weighted by atomic mass is 79.9. The Bertz CT molecular complexity index is 573. The second-order valence-electron chi connectivity index (χ2n) is 5.52. The molecule has 108 valence electrons. The predicted octanol–water partition coefficient (Wildman–Crippen LogP) is 4.74. The van der Waals surface area contributed by atoms with Gasteiger partial charge in [-0.15, -0.1) is 11.3 Å². The summed E-state index contributed by atoms with van der Waals surface area (Å²) in [7, 11) is 0. The van der Waals surface area contributed by atoms with Crippen LogP contribution >= 0.6 is 27.3 Å². The highest BCUT2D eigenvalue weighted by Gasteiger charge is 2.21. The molecule has 1 N–H and O–H groups in total. The molecule has 0 spiro atoms. The minimum absolute atomic E-state index is 0.565. The van der Waals surface area contributed by atoms with Crippen LogP contribution in [0.4, 0.5) is 0 Å². The Hall–Kier alpha value is -0.580. The average molecular weight is 353 g/mol. The van der Waals surface area contributed by atoms with Crippen LogP contribution in [-0.4, -0.2) is 11.1 Å². The molecule has 2 nitrogen and oxygen atoms in total. The molecule has 20 heavy (non-hydrogen) atoms. The third kappa shape index (κ3) is 3.18. The summed E-state index contributed by atoms with van der Waals surface area (Å²) in [6.45, 7) is 4.34. The second kappa shape index (κ2) is 6.46. The van der Waals surface area contributed by atoms with Gasteiger partial charge < -0.3 is 9.88 Å². The maximum atomic E-state index is 3.69. The van der Waals surface area contributed by atoms with Gasteiger partial charge in [0, 0.05) is 23.3 Å². The van der Waals surface area contributed by atoms with Crippen LogP contribution in [0.3, 0.4) is 0 Å². The van der Waals surface area contributed by atoms with Crippen molar-refractivity contribution in [3.8, 4) is 0 Å². The number of halogens is 1. The van der Waals surface area contributed by atoms with Crippen LogP contribution in [0.25, 0.3) is 0 Å². The van der Waals surface area contributed by atoms with E-state index in [2.05, 4.69) is 57.3 Å². The molecule has 0 saturated heterocycles. The Morgan fingerprint density at radius 3 is 3.05 bits per heavy atom. The van der Waals surface area contributed by atoms with E-state index >= 15 is 0 Å². The molecule has 0 fully saturated rings. The molecule has 2 aromatic rings. The summed E-state index contributed by atoms with van der Waals surface area (Å²) in [6.07, 6.45) is 9.74. The molecule has 1 unspecified atom stereocenters. The first-order valence-corrected chi connectivity index (χ1v) is 9.03. The fourth-order valence-corrected chi connectivity index (χ4v) is 4.48. The fraction of sp³-hybridized carbons (Fsp3) is 0.500. The third-order valence-corrected chi connectivity index (χ3v) is 5.53. The fourth-order valence-electron chi connectivity index (χ4n) is 2.99. The third-order valence-electron chi connectivity index (χ3n) is 3.92. The van der Waals surface area contributed by atoms with Gasteiger partial charge in [-0.05, 0) is 71.4 Å². The number of nitrogens with zero attached hydrogens (tertiary/aromatic N) is 1. The van der Waals surface area contributed by atoms with Crippen molar-refractivity contribution in [3.63, 3.8) is 0 Å². The lowest BCUT2D eigenvalue weighted by Crippen LogP contribution is -2.24. The van der Waals surface area contributed by atoms with E-state index in [1.54, 1.807) is 5.56 Å². The van der Waals surface area contributed by atoms with Gasteiger partial charge in [0.15, 0.2) is 0 Å². The summed E-state index contributed by atoms with van der Waals surface area (Å²) in [5, 5.41) is 3.69. The Morgan fingerprint density at radius 1 is 1.40 bits per heavy atom. The molecule has 0 aliphatic heterocycles. The Morgan fingerprint density at radius 2 is 2.30 bits per heavy atom. The van der Waals surface area contributed by atoms with Gasteiger partial charge >= 0.3 is 0 Å². The minimum atomic E-state index is 0.565. The van der Waals surface area contributed by atoms with Crippen molar-refractivity contribution in [2.75, 3.05) is 6.54 Å². The molecule has 3 rings (SSSR count). The first kappa shape index (κ1) is 14.4. The standard InChI is InChI=1S/C16H21BrN2S/c1-2-8-18-15-5-3-4-12-9-19(11-14(12)15)10-13-6-7-16(17)20-13/h6-7,9,11,15,18H,2-5,8,10H2,1H3. The molecule has 4 heteroatoms. The Labute approximate surface area is 133 Å². The van der Waals surface area contributed by atoms with E-state index in [9.17, 15) is 0 Å². The lowest BCUT2D eigenvalue weighted by Gasteiger charge is -2.23. The number of hydrogen-bond donors (Lipinski definition) is 1. The summed E-state index contributed by atoms with van der Waals surface area (Å²) in [5.41, 5.74) is 3.07. The first-order valence-electron chi connectivity index (χ1n) is 7.42. The Kier molecular flexibility index (Phi) is 4.64. The van der Waals surface area contributed by atoms with Crippen LogP contribution < -0.4 is 5.32 Å². The number of aromatic nitrogens is 1. The van der Waals surface area contributed by atoms with Crippen LogP contribution in [-0.2, 0) is 13.0 Å². The van der Waals surface area contributed by atoms with Crippen LogP contribution in [0.5, 0.6) is 0 Å². The average Bonchev–Trinajstić information content (AvgIpc) is 3.02. The summed E-state index contributed by atoms with van der Waals surface area (Å²) in [6, 6.07) is 4.91. The van der Waals surface area contributed by atoms with Crippen molar-refractivity contribution in [1.29, 1.82) is 0 Å². The van der Waals surface area contributed by atoms with Gasteiger partial charge in [0.05, 0.1) is 10.3 Å². The molecule has 1 aliphatic carbocycles. The largest absolute Gasteiger partial charge is 0.348 e. The lowest BCUT2D eigenvalue weighted by atomic mass is 9.91. The summed E-state index contributed by atoms with van der Waals surface area (Å²) in [5.74, 6) is 0. The van der Waals surface area contributed by atoms with Crippen molar-refractivity contribution < 1.29 is 0 Å². The monoisotopic (exact) mass is 352 g/mol. The SMILES string of the molecule is CCCNC1CCCc2cn(Cc3ccc(Br)s3)cc21. The molecular formula is C16H21BrN2S. The van der Waals surface area contributed by atoms with E-state index in [4.69, 9.17) is 0 Å². The zero-order valence-electron chi connectivity index (χ0n) is 11.9. The van der Waals surface area contributed by atoms with Crippen molar-refractivity contribution >= 4 is 27.3 Å². The molecule has 2 heterocycles. The van der Waals surface area contributed by atoms with E-state index < -0.39 is 0 Å². The van der Waals surface area contributed by atoms with E-state index in [1.807, 2.05) is 11.3 Å². The van der Waals surface area contributed by atoms with Crippen molar-refractivity contribution in [2.45, 2.75) is 45.2 Å². The molecule has 2 aromatic heterocycles. The molecule has 0 bridgehead atoms. The quantitative estimate of drug-likeness (QED) is 0.822. The molecule has 1 aliphatic rings. The second-order valence-corrected chi connectivity index (χ2v) is 8.06. The van der Waals surface area contributed by atoms with E-state index in [0.717, 1.165) is 13.1 Å². The number of rotatable bonds is 5. The molecule has 0 saturated carbocycles.